The number of fused-ring (bicyclic) bond motifs is 1. The van der Waals surface area contributed by atoms with Crippen molar-refractivity contribution < 1.29 is 9.53 Å². The molecule has 1 atom stereocenters. The van der Waals surface area contributed by atoms with Crippen LogP contribution in [0.15, 0.2) is 60.8 Å². The Bertz CT molecular complexity index is 944. The highest BCUT2D eigenvalue weighted by Crippen LogP contribution is 2.21. The molecule has 0 aliphatic carbocycles. The largest absolute Gasteiger partial charge is 0.378 e. The van der Waals surface area contributed by atoms with Crippen LogP contribution in [-0.2, 0) is 16.0 Å². The van der Waals surface area contributed by atoms with Crippen molar-refractivity contribution in [2.75, 3.05) is 31.2 Å². The number of morpholine rings is 1. The summed E-state index contributed by atoms with van der Waals surface area (Å²) in [4.78, 5) is 19.3. The Hall–Kier alpha value is -2.92. The first-order valence-corrected chi connectivity index (χ1v) is 9.75. The average Bonchev–Trinajstić information content (AvgIpc) is 2.75. The third-order valence-electron chi connectivity index (χ3n) is 5.21. The molecule has 28 heavy (non-hydrogen) atoms. The van der Waals surface area contributed by atoms with E-state index in [1.54, 1.807) is 6.20 Å². The van der Waals surface area contributed by atoms with Gasteiger partial charge in [0.2, 0.25) is 5.91 Å². The standard InChI is InChI=1S/C23H25N3O2/c1-17(18-7-9-21(10-8-18)26-12-14-28-15-13-26)25-22(27)16-20-5-2-4-19-6-3-11-24-23(19)20/h2-11,17H,12-16H2,1H3,(H,25,27). The molecule has 1 unspecified atom stereocenters. The van der Waals surface area contributed by atoms with Gasteiger partial charge < -0.3 is 15.0 Å². The Morgan fingerprint density at radius 1 is 1.11 bits per heavy atom. The van der Waals surface area contributed by atoms with Crippen LogP contribution < -0.4 is 10.2 Å². The summed E-state index contributed by atoms with van der Waals surface area (Å²) in [6.07, 6.45) is 2.09. The number of pyridine rings is 1. The van der Waals surface area contributed by atoms with Gasteiger partial charge in [0.25, 0.3) is 0 Å². The number of amides is 1. The van der Waals surface area contributed by atoms with E-state index >= 15 is 0 Å². The molecule has 1 saturated heterocycles. The monoisotopic (exact) mass is 375 g/mol. The maximum absolute atomic E-state index is 12.6. The Labute approximate surface area is 165 Å². The Morgan fingerprint density at radius 2 is 1.86 bits per heavy atom. The molecule has 1 aromatic heterocycles. The van der Waals surface area contributed by atoms with Crippen LogP contribution in [0.4, 0.5) is 5.69 Å². The zero-order valence-electron chi connectivity index (χ0n) is 16.1. The molecule has 144 valence electrons. The van der Waals surface area contributed by atoms with E-state index in [-0.39, 0.29) is 11.9 Å². The highest BCUT2D eigenvalue weighted by Gasteiger charge is 2.14. The molecule has 0 bridgehead atoms. The number of hydrogen-bond donors (Lipinski definition) is 1. The van der Waals surface area contributed by atoms with Crippen molar-refractivity contribution in [1.29, 1.82) is 0 Å². The SMILES string of the molecule is CC(NC(=O)Cc1cccc2cccnc12)c1ccc(N2CCOCC2)cc1. The highest BCUT2D eigenvalue weighted by molar-refractivity contribution is 5.87. The summed E-state index contributed by atoms with van der Waals surface area (Å²) in [7, 11) is 0. The topological polar surface area (TPSA) is 54.5 Å². The Kier molecular flexibility index (Phi) is 5.53. The summed E-state index contributed by atoms with van der Waals surface area (Å²) in [5.74, 6) is 0.00269. The quantitative estimate of drug-likeness (QED) is 0.742. The van der Waals surface area contributed by atoms with E-state index in [0.29, 0.717) is 6.42 Å². The predicted octanol–water partition coefficient (Wildman–Crippen LogP) is 3.49. The number of anilines is 1. The highest BCUT2D eigenvalue weighted by atomic mass is 16.5. The van der Waals surface area contributed by atoms with E-state index in [2.05, 4.69) is 39.5 Å². The molecule has 1 fully saturated rings. The zero-order chi connectivity index (χ0) is 19.3. The number of nitrogens with zero attached hydrogens (tertiary/aromatic N) is 2. The van der Waals surface area contributed by atoms with Gasteiger partial charge in [-0.05, 0) is 36.2 Å². The number of rotatable bonds is 5. The number of nitrogens with one attached hydrogen (secondary N) is 1. The number of hydrogen-bond acceptors (Lipinski definition) is 4. The van der Waals surface area contributed by atoms with Crippen LogP contribution in [-0.4, -0.2) is 37.2 Å². The Morgan fingerprint density at radius 3 is 2.64 bits per heavy atom. The number of benzene rings is 2. The van der Waals surface area contributed by atoms with E-state index in [4.69, 9.17) is 4.74 Å². The minimum Gasteiger partial charge on any atom is -0.378 e. The molecule has 0 saturated carbocycles. The molecule has 3 aromatic rings. The lowest BCUT2D eigenvalue weighted by molar-refractivity contribution is -0.121. The van der Waals surface area contributed by atoms with Crippen LogP contribution >= 0.6 is 0 Å². The van der Waals surface area contributed by atoms with Crippen LogP contribution in [0.3, 0.4) is 0 Å². The first-order chi connectivity index (χ1) is 13.7. The van der Waals surface area contributed by atoms with Gasteiger partial charge >= 0.3 is 0 Å². The van der Waals surface area contributed by atoms with Gasteiger partial charge in [0, 0.05) is 30.4 Å². The van der Waals surface area contributed by atoms with Gasteiger partial charge in [0.1, 0.15) is 0 Å². The van der Waals surface area contributed by atoms with Crippen LogP contribution in [0.1, 0.15) is 24.1 Å². The van der Waals surface area contributed by atoms with Gasteiger partial charge in [-0.1, -0.05) is 36.4 Å². The molecule has 1 aliphatic rings. The summed E-state index contributed by atoms with van der Waals surface area (Å²) >= 11 is 0. The zero-order valence-corrected chi connectivity index (χ0v) is 16.1. The number of carbonyl (C=O) groups is 1. The van der Waals surface area contributed by atoms with Gasteiger partial charge in [-0.2, -0.15) is 0 Å². The molecular formula is C23H25N3O2. The second kappa shape index (κ2) is 8.40. The first kappa shape index (κ1) is 18.4. The summed E-state index contributed by atoms with van der Waals surface area (Å²) in [6, 6.07) is 18.3. The smallest absolute Gasteiger partial charge is 0.224 e. The fraction of sp³-hybridized carbons (Fsp3) is 0.304. The predicted molar refractivity (Wildman–Crippen MR) is 111 cm³/mol. The third-order valence-corrected chi connectivity index (χ3v) is 5.21. The molecule has 0 radical (unpaired) electrons. The van der Waals surface area contributed by atoms with E-state index in [1.807, 2.05) is 37.3 Å². The summed E-state index contributed by atoms with van der Waals surface area (Å²) in [5.41, 5.74) is 4.14. The lowest BCUT2D eigenvalue weighted by Gasteiger charge is -2.29. The maximum atomic E-state index is 12.6. The van der Waals surface area contributed by atoms with Crippen LogP contribution in [0.25, 0.3) is 10.9 Å². The number of carbonyl (C=O) groups excluding carboxylic acids is 1. The molecule has 5 nitrogen and oxygen atoms in total. The van der Waals surface area contributed by atoms with Crippen molar-refractivity contribution in [2.24, 2.45) is 0 Å². The van der Waals surface area contributed by atoms with Crippen molar-refractivity contribution in [2.45, 2.75) is 19.4 Å². The van der Waals surface area contributed by atoms with Gasteiger partial charge in [-0.3, -0.25) is 9.78 Å². The molecular weight excluding hydrogens is 350 g/mol. The molecule has 2 aromatic carbocycles. The second-order valence-corrected chi connectivity index (χ2v) is 7.15. The van der Waals surface area contributed by atoms with E-state index in [9.17, 15) is 4.79 Å². The number of ether oxygens (including phenoxy) is 1. The number of para-hydroxylation sites is 1. The summed E-state index contributed by atoms with van der Waals surface area (Å²) in [5, 5.41) is 4.16. The molecule has 1 N–H and O–H groups in total. The third kappa shape index (κ3) is 4.15. The van der Waals surface area contributed by atoms with Crippen molar-refractivity contribution >= 4 is 22.5 Å². The van der Waals surface area contributed by atoms with Crippen molar-refractivity contribution in [3.63, 3.8) is 0 Å². The average molecular weight is 375 g/mol. The van der Waals surface area contributed by atoms with Gasteiger partial charge in [-0.25, -0.2) is 0 Å². The van der Waals surface area contributed by atoms with Crippen molar-refractivity contribution in [3.05, 3.63) is 71.9 Å². The first-order valence-electron chi connectivity index (χ1n) is 9.75. The maximum Gasteiger partial charge on any atom is 0.224 e. The molecule has 0 spiro atoms. The van der Waals surface area contributed by atoms with Crippen molar-refractivity contribution in [1.82, 2.24) is 10.3 Å². The van der Waals surface area contributed by atoms with Crippen LogP contribution in [0, 0.1) is 0 Å². The van der Waals surface area contributed by atoms with Gasteiger partial charge in [0.15, 0.2) is 0 Å². The van der Waals surface area contributed by atoms with Gasteiger partial charge in [0.05, 0.1) is 31.2 Å². The van der Waals surface area contributed by atoms with Crippen molar-refractivity contribution in [3.8, 4) is 0 Å². The molecule has 2 heterocycles. The fourth-order valence-electron chi connectivity index (χ4n) is 3.65. The minimum absolute atomic E-state index is 0.00269. The van der Waals surface area contributed by atoms with E-state index in [0.717, 1.165) is 48.3 Å². The second-order valence-electron chi connectivity index (χ2n) is 7.15. The summed E-state index contributed by atoms with van der Waals surface area (Å²) < 4.78 is 5.41. The van der Waals surface area contributed by atoms with E-state index in [1.165, 1.54) is 5.69 Å². The minimum atomic E-state index is -0.0471. The Balaban J connectivity index is 1.40. The van der Waals surface area contributed by atoms with E-state index < -0.39 is 0 Å². The fourth-order valence-corrected chi connectivity index (χ4v) is 3.65. The normalized spacial score (nSPS) is 15.4. The van der Waals surface area contributed by atoms with Crippen LogP contribution in [0.5, 0.6) is 0 Å². The summed E-state index contributed by atoms with van der Waals surface area (Å²) in [6.45, 7) is 5.41. The molecule has 4 rings (SSSR count). The lowest BCUT2D eigenvalue weighted by Crippen LogP contribution is -2.36. The molecule has 5 heteroatoms. The number of aromatic nitrogens is 1. The van der Waals surface area contributed by atoms with Crippen LogP contribution in [0.2, 0.25) is 0 Å². The molecule has 1 aliphatic heterocycles. The van der Waals surface area contributed by atoms with Gasteiger partial charge in [-0.15, -0.1) is 0 Å². The molecule has 1 amide bonds. The lowest BCUT2D eigenvalue weighted by atomic mass is 10.0.